The van der Waals surface area contributed by atoms with Gasteiger partial charge >= 0.3 is 0 Å². The second-order valence-corrected chi connectivity index (χ2v) is 9.70. The van der Waals surface area contributed by atoms with Crippen molar-refractivity contribution in [1.82, 2.24) is 4.31 Å². The Balaban J connectivity index is 1.84. The summed E-state index contributed by atoms with van der Waals surface area (Å²) in [6.45, 7) is 6.73. The molecule has 6 nitrogen and oxygen atoms in total. The lowest BCUT2D eigenvalue weighted by Gasteiger charge is -2.17. The van der Waals surface area contributed by atoms with Crippen molar-refractivity contribution in [3.8, 4) is 5.75 Å². The minimum atomic E-state index is -3.63. The number of ether oxygens (including phenoxy) is 1. The van der Waals surface area contributed by atoms with Gasteiger partial charge in [0, 0.05) is 18.8 Å². The van der Waals surface area contributed by atoms with Gasteiger partial charge in [0.1, 0.15) is 5.75 Å². The first-order chi connectivity index (χ1) is 13.7. The van der Waals surface area contributed by atoms with E-state index in [9.17, 15) is 13.2 Å². The second kappa shape index (κ2) is 8.73. The van der Waals surface area contributed by atoms with E-state index < -0.39 is 15.9 Å². The smallest absolute Gasteiger partial charge is 0.257 e. The van der Waals surface area contributed by atoms with E-state index >= 15 is 0 Å². The van der Waals surface area contributed by atoms with Crippen LogP contribution in [0.2, 0.25) is 5.02 Å². The molecule has 0 spiro atoms. The molecule has 1 aliphatic rings. The number of carbonyl (C=O) groups excluding carboxylic acids is 1. The fourth-order valence-corrected chi connectivity index (χ4v) is 4.98. The van der Waals surface area contributed by atoms with Crippen LogP contribution >= 0.6 is 11.6 Å². The van der Waals surface area contributed by atoms with Crippen LogP contribution in [0.5, 0.6) is 5.75 Å². The third-order valence-electron chi connectivity index (χ3n) is 4.70. The summed E-state index contributed by atoms with van der Waals surface area (Å²) in [5.74, 6) is 0.251. The van der Waals surface area contributed by atoms with E-state index in [0.717, 1.165) is 18.4 Å². The van der Waals surface area contributed by atoms with Crippen molar-refractivity contribution >= 4 is 33.2 Å². The van der Waals surface area contributed by atoms with Crippen molar-refractivity contribution in [2.24, 2.45) is 0 Å². The van der Waals surface area contributed by atoms with Gasteiger partial charge < -0.3 is 10.1 Å². The van der Waals surface area contributed by atoms with Gasteiger partial charge in [-0.05, 0) is 75.6 Å². The number of hydrogen-bond acceptors (Lipinski definition) is 4. The summed E-state index contributed by atoms with van der Waals surface area (Å²) in [7, 11) is -3.63. The van der Waals surface area contributed by atoms with Crippen molar-refractivity contribution in [1.29, 1.82) is 0 Å². The molecule has 1 heterocycles. The van der Waals surface area contributed by atoms with Crippen LogP contribution in [0.1, 0.15) is 42.6 Å². The molecule has 8 heteroatoms. The molecular formula is C21H25ClN2O4S. The predicted molar refractivity (Wildman–Crippen MR) is 114 cm³/mol. The fraction of sp³-hybridized carbons (Fsp3) is 0.381. The summed E-state index contributed by atoms with van der Waals surface area (Å²) in [6, 6.07) is 9.60. The SMILES string of the molecule is Cc1cc(OC(C)C)ccc1NC(=O)c1cc(S(=O)(=O)N2CCCC2)ccc1Cl. The molecule has 0 atom stereocenters. The first kappa shape index (κ1) is 21.6. The summed E-state index contributed by atoms with van der Waals surface area (Å²) in [4.78, 5) is 12.9. The van der Waals surface area contributed by atoms with E-state index in [1.165, 1.54) is 22.5 Å². The Morgan fingerprint density at radius 3 is 2.45 bits per heavy atom. The average Bonchev–Trinajstić information content (AvgIpc) is 3.19. The molecule has 156 valence electrons. The molecule has 0 aromatic heterocycles. The summed E-state index contributed by atoms with van der Waals surface area (Å²) in [5, 5.41) is 3.00. The van der Waals surface area contributed by atoms with Gasteiger partial charge in [-0.15, -0.1) is 0 Å². The number of benzene rings is 2. The van der Waals surface area contributed by atoms with Crippen LogP contribution in [-0.2, 0) is 10.0 Å². The second-order valence-electron chi connectivity index (χ2n) is 7.35. The number of aryl methyl sites for hydroxylation is 1. The molecule has 1 fully saturated rings. The van der Waals surface area contributed by atoms with E-state index in [2.05, 4.69) is 5.32 Å². The van der Waals surface area contributed by atoms with Crippen LogP contribution < -0.4 is 10.1 Å². The van der Waals surface area contributed by atoms with Gasteiger partial charge in [0.05, 0.1) is 21.6 Å². The molecule has 1 N–H and O–H groups in total. The first-order valence-corrected chi connectivity index (χ1v) is 11.4. The topological polar surface area (TPSA) is 75.7 Å². The Labute approximate surface area is 176 Å². The monoisotopic (exact) mass is 436 g/mol. The average molecular weight is 437 g/mol. The Kier molecular flexibility index (Phi) is 6.51. The van der Waals surface area contributed by atoms with E-state index in [1.54, 1.807) is 12.1 Å². The lowest BCUT2D eigenvalue weighted by Crippen LogP contribution is -2.28. The minimum absolute atomic E-state index is 0.0499. The first-order valence-electron chi connectivity index (χ1n) is 9.57. The number of carbonyl (C=O) groups is 1. The van der Waals surface area contributed by atoms with E-state index in [0.29, 0.717) is 24.5 Å². The molecule has 1 amide bonds. The molecule has 29 heavy (non-hydrogen) atoms. The van der Waals surface area contributed by atoms with Gasteiger partial charge in [-0.25, -0.2) is 8.42 Å². The summed E-state index contributed by atoms with van der Waals surface area (Å²) in [5.41, 5.74) is 1.55. The van der Waals surface area contributed by atoms with Crippen molar-refractivity contribution in [3.63, 3.8) is 0 Å². The number of nitrogens with zero attached hydrogens (tertiary/aromatic N) is 1. The van der Waals surface area contributed by atoms with Crippen LogP contribution in [0.15, 0.2) is 41.3 Å². The zero-order valence-electron chi connectivity index (χ0n) is 16.7. The molecule has 1 aliphatic heterocycles. The third kappa shape index (κ3) is 4.91. The van der Waals surface area contributed by atoms with E-state index in [4.69, 9.17) is 16.3 Å². The number of nitrogens with one attached hydrogen (secondary N) is 1. The fourth-order valence-electron chi connectivity index (χ4n) is 3.23. The maximum atomic E-state index is 12.8. The predicted octanol–water partition coefficient (Wildman–Crippen LogP) is 4.47. The van der Waals surface area contributed by atoms with Crippen LogP contribution in [0.25, 0.3) is 0 Å². The van der Waals surface area contributed by atoms with Crippen LogP contribution in [0.3, 0.4) is 0 Å². The lowest BCUT2D eigenvalue weighted by molar-refractivity contribution is 0.102. The van der Waals surface area contributed by atoms with Crippen molar-refractivity contribution in [2.45, 2.75) is 44.6 Å². The van der Waals surface area contributed by atoms with E-state index in [1.807, 2.05) is 26.8 Å². The highest BCUT2D eigenvalue weighted by molar-refractivity contribution is 7.89. The summed E-state index contributed by atoms with van der Waals surface area (Å²) < 4.78 is 32.7. The maximum absolute atomic E-state index is 12.8. The Hall–Kier alpha value is -2.09. The molecule has 2 aromatic carbocycles. The molecular weight excluding hydrogens is 412 g/mol. The standard InChI is InChI=1S/C21H25ClN2O4S/c1-14(2)28-16-6-9-20(15(3)12-16)23-21(25)18-13-17(7-8-19(18)22)29(26,27)24-10-4-5-11-24/h6-9,12-14H,4-5,10-11H2,1-3H3,(H,23,25). The number of anilines is 1. The number of amides is 1. The molecule has 0 aliphatic carbocycles. The van der Waals surface area contributed by atoms with Gasteiger partial charge in [0.2, 0.25) is 10.0 Å². The molecule has 0 radical (unpaired) electrons. The van der Waals surface area contributed by atoms with Crippen molar-refractivity contribution in [2.75, 3.05) is 18.4 Å². The van der Waals surface area contributed by atoms with Gasteiger partial charge in [-0.2, -0.15) is 4.31 Å². The largest absolute Gasteiger partial charge is 0.491 e. The van der Waals surface area contributed by atoms with Gasteiger partial charge in [0.25, 0.3) is 5.91 Å². The van der Waals surface area contributed by atoms with Gasteiger partial charge in [-0.3, -0.25) is 4.79 Å². The maximum Gasteiger partial charge on any atom is 0.257 e. The quantitative estimate of drug-likeness (QED) is 0.724. The molecule has 2 aromatic rings. The Morgan fingerprint density at radius 1 is 1.14 bits per heavy atom. The molecule has 0 unspecified atom stereocenters. The van der Waals surface area contributed by atoms with Crippen LogP contribution in [-0.4, -0.2) is 37.8 Å². The Bertz CT molecular complexity index is 1020. The normalized spacial score (nSPS) is 14.9. The van der Waals surface area contributed by atoms with Crippen molar-refractivity contribution in [3.05, 3.63) is 52.5 Å². The summed E-state index contributed by atoms with van der Waals surface area (Å²) in [6.07, 6.45) is 1.74. The molecule has 1 saturated heterocycles. The zero-order valence-corrected chi connectivity index (χ0v) is 18.3. The highest BCUT2D eigenvalue weighted by Gasteiger charge is 2.28. The lowest BCUT2D eigenvalue weighted by atomic mass is 10.1. The number of sulfonamides is 1. The van der Waals surface area contributed by atoms with Crippen LogP contribution in [0.4, 0.5) is 5.69 Å². The Morgan fingerprint density at radius 2 is 1.83 bits per heavy atom. The minimum Gasteiger partial charge on any atom is -0.491 e. The van der Waals surface area contributed by atoms with Gasteiger partial charge in [-0.1, -0.05) is 11.6 Å². The number of hydrogen-bond donors (Lipinski definition) is 1. The third-order valence-corrected chi connectivity index (χ3v) is 6.93. The summed E-state index contributed by atoms with van der Waals surface area (Å²) >= 11 is 6.20. The molecule has 0 saturated carbocycles. The number of halogens is 1. The number of rotatable bonds is 6. The molecule has 3 rings (SSSR count). The van der Waals surface area contributed by atoms with Crippen molar-refractivity contribution < 1.29 is 17.9 Å². The molecule has 0 bridgehead atoms. The highest BCUT2D eigenvalue weighted by atomic mass is 35.5. The van der Waals surface area contributed by atoms with E-state index in [-0.39, 0.29) is 21.6 Å². The van der Waals surface area contributed by atoms with Gasteiger partial charge in [0.15, 0.2) is 0 Å². The highest BCUT2D eigenvalue weighted by Crippen LogP contribution is 2.27. The van der Waals surface area contributed by atoms with Crippen LogP contribution in [0, 0.1) is 6.92 Å². The zero-order chi connectivity index (χ0) is 21.2.